The SMILES string of the molecule is Cc1nc(N[C@H](C)c2cccc(C(F)(F)F)c2F)c2cc(C(=O)N3CC4(COC4)C3)c3ncnn3c2n1. The summed E-state index contributed by atoms with van der Waals surface area (Å²) >= 11 is 0. The number of aryl methyl sites for hydroxylation is 1. The summed E-state index contributed by atoms with van der Waals surface area (Å²) in [6.45, 7) is 5.57. The number of anilines is 1. The Labute approximate surface area is 207 Å². The number of nitrogens with zero attached hydrogens (tertiary/aromatic N) is 6. The quantitative estimate of drug-likeness (QED) is 0.413. The summed E-state index contributed by atoms with van der Waals surface area (Å²) in [6.07, 6.45) is -3.51. The molecule has 0 saturated carbocycles. The van der Waals surface area contributed by atoms with Gasteiger partial charge >= 0.3 is 6.18 Å². The Balaban J connectivity index is 1.41. The van der Waals surface area contributed by atoms with Crippen LogP contribution in [-0.2, 0) is 10.9 Å². The number of ether oxygens (including phenoxy) is 1. The van der Waals surface area contributed by atoms with Crippen LogP contribution in [0.25, 0.3) is 16.7 Å². The maximum Gasteiger partial charge on any atom is 0.419 e. The number of hydrogen-bond acceptors (Lipinski definition) is 7. The van der Waals surface area contributed by atoms with Crippen molar-refractivity contribution >= 4 is 28.4 Å². The molecule has 2 aliphatic rings. The highest BCUT2D eigenvalue weighted by molar-refractivity contribution is 6.05. The number of amides is 1. The van der Waals surface area contributed by atoms with Gasteiger partial charge in [0.2, 0.25) is 0 Å². The summed E-state index contributed by atoms with van der Waals surface area (Å²) in [4.78, 5) is 28.2. The van der Waals surface area contributed by atoms with Crippen LogP contribution < -0.4 is 5.32 Å². The number of carbonyl (C=O) groups excluding carboxylic acids is 1. The number of carbonyl (C=O) groups is 1. The van der Waals surface area contributed by atoms with Gasteiger partial charge in [0.25, 0.3) is 5.91 Å². The molecule has 0 radical (unpaired) electrons. The lowest BCUT2D eigenvalue weighted by atomic mass is 9.78. The molecule has 2 saturated heterocycles. The molecule has 13 heteroatoms. The van der Waals surface area contributed by atoms with E-state index in [0.717, 1.165) is 6.07 Å². The summed E-state index contributed by atoms with van der Waals surface area (Å²) in [5.41, 5.74) is -0.538. The average molecular weight is 515 g/mol. The molecule has 1 aromatic carbocycles. The first-order valence-corrected chi connectivity index (χ1v) is 11.6. The predicted molar refractivity (Wildman–Crippen MR) is 123 cm³/mol. The van der Waals surface area contributed by atoms with Gasteiger partial charge in [-0.3, -0.25) is 4.79 Å². The van der Waals surface area contributed by atoms with Crippen molar-refractivity contribution < 1.29 is 27.1 Å². The van der Waals surface area contributed by atoms with Gasteiger partial charge in [-0.2, -0.15) is 22.8 Å². The van der Waals surface area contributed by atoms with Gasteiger partial charge in [-0.25, -0.2) is 19.3 Å². The normalized spacial score (nSPS) is 17.6. The van der Waals surface area contributed by atoms with Crippen LogP contribution in [-0.4, -0.2) is 61.7 Å². The summed E-state index contributed by atoms with van der Waals surface area (Å²) in [5, 5.41) is 7.64. The Morgan fingerprint density at radius 3 is 2.62 bits per heavy atom. The molecular formula is C24H21F4N7O2. The third-order valence-corrected chi connectivity index (χ3v) is 6.86. The minimum atomic E-state index is -4.83. The van der Waals surface area contributed by atoms with E-state index in [0.29, 0.717) is 54.9 Å². The third-order valence-electron chi connectivity index (χ3n) is 6.86. The fourth-order valence-corrected chi connectivity index (χ4v) is 4.95. The minimum Gasteiger partial charge on any atom is -0.380 e. The van der Waals surface area contributed by atoms with Gasteiger partial charge < -0.3 is 15.0 Å². The first kappa shape index (κ1) is 23.5. The van der Waals surface area contributed by atoms with E-state index in [2.05, 4.69) is 25.4 Å². The van der Waals surface area contributed by atoms with E-state index in [1.54, 1.807) is 17.9 Å². The number of pyridine rings is 1. The van der Waals surface area contributed by atoms with E-state index >= 15 is 0 Å². The van der Waals surface area contributed by atoms with Gasteiger partial charge in [-0.15, -0.1) is 0 Å². The molecule has 37 heavy (non-hydrogen) atoms. The number of alkyl halides is 3. The zero-order chi connectivity index (χ0) is 26.1. The van der Waals surface area contributed by atoms with Crippen molar-refractivity contribution in [1.82, 2.24) is 29.5 Å². The number of fused-ring (bicyclic) bond motifs is 3. The highest BCUT2D eigenvalue weighted by Gasteiger charge is 2.51. The fourth-order valence-electron chi connectivity index (χ4n) is 4.95. The Morgan fingerprint density at radius 2 is 1.95 bits per heavy atom. The smallest absolute Gasteiger partial charge is 0.380 e. The van der Waals surface area contributed by atoms with Gasteiger partial charge in [0.1, 0.15) is 23.8 Å². The lowest BCUT2D eigenvalue weighted by Gasteiger charge is -2.54. The molecule has 2 aliphatic heterocycles. The molecule has 2 fully saturated rings. The van der Waals surface area contributed by atoms with E-state index in [4.69, 9.17) is 4.74 Å². The van der Waals surface area contributed by atoms with Crippen LogP contribution in [0.3, 0.4) is 0 Å². The molecule has 1 atom stereocenters. The van der Waals surface area contributed by atoms with Crippen molar-refractivity contribution in [3.8, 4) is 0 Å². The zero-order valence-corrected chi connectivity index (χ0v) is 19.8. The van der Waals surface area contributed by atoms with Gasteiger partial charge in [0.05, 0.1) is 41.2 Å². The lowest BCUT2D eigenvalue weighted by Crippen LogP contribution is -2.67. The number of nitrogens with one attached hydrogen (secondary N) is 1. The van der Waals surface area contributed by atoms with E-state index in [-0.39, 0.29) is 28.3 Å². The van der Waals surface area contributed by atoms with Crippen LogP contribution in [0.2, 0.25) is 0 Å². The average Bonchev–Trinajstić information content (AvgIpc) is 3.26. The summed E-state index contributed by atoms with van der Waals surface area (Å²) in [5.74, 6) is -1.02. The largest absolute Gasteiger partial charge is 0.419 e. The van der Waals surface area contributed by atoms with Crippen molar-refractivity contribution in [3.05, 3.63) is 58.9 Å². The molecule has 5 heterocycles. The maximum absolute atomic E-state index is 14.8. The molecular weight excluding hydrogens is 494 g/mol. The number of aromatic nitrogens is 5. The van der Waals surface area contributed by atoms with Gasteiger partial charge in [0, 0.05) is 18.7 Å². The summed E-state index contributed by atoms with van der Waals surface area (Å²) in [7, 11) is 0. The lowest BCUT2D eigenvalue weighted by molar-refractivity contribution is -0.176. The van der Waals surface area contributed by atoms with Crippen molar-refractivity contribution in [1.29, 1.82) is 0 Å². The van der Waals surface area contributed by atoms with Gasteiger partial charge in [-0.05, 0) is 26.0 Å². The molecule has 9 nitrogen and oxygen atoms in total. The molecule has 0 aliphatic carbocycles. The minimum absolute atomic E-state index is 0.0217. The number of hydrogen-bond donors (Lipinski definition) is 1. The van der Waals surface area contributed by atoms with Crippen LogP contribution in [0, 0.1) is 18.2 Å². The van der Waals surface area contributed by atoms with E-state index in [9.17, 15) is 22.4 Å². The summed E-state index contributed by atoms with van der Waals surface area (Å²) < 4.78 is 61.3. The van der Waals surface area contributed by atoms with Crippen molar-refractivity contribution in [3.63, 3.8) is 0 Å². The molecule has 192 valence electrons. The molecule has 4 aromatic rings. The highest BCUT2D eigenvalue weighted by atomic mass is 19.4. The second-order valence-corrected chi connectivity index (χ2v) is 9.64. The molecule has 0 bridgehead atoms. The molecule has 6 rings (SSSR count). The second kappa shape index (κ2) is 8.07. The first-order chi connectivity index (χ1) is 17.6. The Hall–Kier alpha value is -3.87. The Kier molecular flexibility index (Phi) is 5.13. The molecule has 0 unspecified atom stereocenters. The maximum atomic E-state index is 14.8. The van der Waals surface area contributed by atoms with E-state index < -0.39 is 23.6 Å². The van der Waals surface area contributed by atoms with Crippen LogP contribution in [0.1, 0.15) is 40.3 Å². The summed E-state index contributed by atoms with van der Waals surface area (Å²) in [6, 6.07) is 3.85. The van der Waals surface area contributed by atoms with Crippen molar-refractivity contribution in [2.24, 2.45) is 5.41 Å². The first-order valence-electron chi connectivity index (χ1n) is 11.6. The number of benzene rings is 1. The Morgan fingerprint density at radius 1 is 1.19 bits per heavy atom. The van der Waals surface area contributed by atoms with Crippen LogP contribution >= 0.6 is 0 Å². The molecule has 3 aromatic heterocycles. The topological polar surface area (TPSA) is 97.5 Å². The monoisotopic (exact) mass is 515 g/mol. The molecule has 1 N–H and O–H groups in total. The van der Waals surface area contributed by atoms with Crippen molar-refractivity contribution in [2.45, 2.75) is 26.1 Å². The highest BCUT2D eigenvalue weighted by Crippen LogP contribution is 2.39. The van der Waals surface area contributed by atoms with Crippen LogP contribution in [0.4, 0.5) is 23.4 Å². The van der Waals surface area contributed by atoms with E-state index in [1.807, 2.05) is 0 Å². The standard InChI is InChI=1S/C24H21F4N7O2/c1-12(14-4-3-5-17(18(14)25)24(26,27)28)31-19-15-6-16(22(36)34-7-23(8-34)9-37-10-23)20-29-11-30-35(20)21(15)33-13(2)32-19/h3-6,11-12H,7-10H2,1-2H3,(H,31,32,33)/t12-/m1/s1. The van der Waals surface area contributed by atoms with Crippen molar-refractivity contribution in [2.75, 3.05) is 31.6 Å². The zero-order valence-electron chi connectivity index (χ0n) is 19.8. The fraction of sp³-hybridized carbons (Fsp3) is 0.375. The van der Waals surface area contributed by atoms with E-state index in [1.165, 1.54) is 23.8 Å². The van der Waals surface area contributed by atoms with Gasteiger partial charge in [0.15, 0.2) is 11.3 Å². The van der Waals surface area contributed by atoms with Gasteiger partial charge in [-0.1, -0.05) is 12.1 Å². The Bertz CT molecular complexity index is 1560. The second-order valence-electron chi connectivity index (χ2n) is 9.64. The molecule has 1 amide bonds. The molecule has 1 spiro atoms. The number of rotatable bonds is 4. The van der Waals surface area contributed by atoms with Crippen LogP contribution in [0.15, 0.2) is 30.6 Å². The predicted octanol–water partition coefficient (Wildman–Crippen LogP) is 3.78. The number of halogens is 4. The van der Waals surface area contributed by atoms with Crippen LogP contribution in [0.5, 0.6) is 0 Å². The third kappa shape index (κ3) is 3.76. The number of likely N-dealkylation sites (tertiary alicyclic amines) is 1.